The van der Waals surface area contributed by atoms with Crippen LogP contribution in [0.1, 0.15) is 34.7 Å². The zero-order valence-electron chi connectivity index (χ0n) is 14.6. The number of benzene rings is 2. The van der Waals surface area contributed by atoms with Gasteiger partial charge in [0, 0.05) is 17.7 Å². The van der Waals surface area contributed by atoms with Crippen molar-refractivity contribution in [2.24, 2.45) is 0 Å². The van der Waals surface area contributed by atoms with E-state index in [1.807, 2.05) is 30.3 Å². The van der Waals surface area contributed by atoms with Crippen LogP contribution in [0.4, 0.5) is 17.6 Å². The second-order valence-electron chi connectivity index (χ2n) is 6.13. The van der Waals surface area contributed by atoms with Crippen molar-refractivity contribution in [3.8, 4) is 11.4 Å². The van der Waals surface area contributed by atoms with E-state index in [4.69, 9.17) is 4.52 Å². The van der Waals surface area contributed by atoms with Gasteiger partial charge in [0.25, 0.3) is 5.91 Å². The Balaban J connectivity index is 1.63. The van der Waals surface area contributed by atoms with Crippen molar-refractivity contribution in [1.29, 1.82) is 0 Å². The average molecular weight is 393 g/mol. The molecule has 2 aromatic carbocycles. The molecule has 0 radical (unpaired) electrons. The van der Waals surface area contributed by atoms with Crippen LogP contribution in [0.5, 0.6) is 0 Å². The topological polar surface area (TPSA) is 68.0 Å². The van der Waals surface area contributed by atoms with E-state index in [-0.39, 0.29) is 23.9 Å². The van der Waals surface area contributed by atoms with Crippen molar-refractivity contribution in [3.05, 3.63) is 71.4 Å². The number of aromatic nitrogens is 2. The lowest BCUT2D eigenvalue weighted by molar-refractivity contribution is -0.140. The Bertz CT molecular complexity index is 971. The molecule has 1 unspecified atom stereocenters. The highest BCUT2D eigenvalue weighted by Gasteiger charge is 2.34. The Labute approximate surface area is 157 Å². The summed E-state index contributed by atoms with van der Waals surface area (Å²) in [5.41, 5.74) is -0.862. The van der Waals surface area contributed by atoms with Crippen molar-refractivity contribution in [1.82, 2.24) is 15.5 Å². The van der Waals surface area contributed by atoms with Gasteiger partial charge in [0.05, 0.1) is 11.5 Å². The minimum atomic E-state index is -4.82. The lowest BCUT2D eigenvalue weighted by atomic mass is 10.1. The first-order chi connectivity index (χ1) is 13.3. The lowest BCUT2D eigenvalue weighted by Gasteiger charge is -2.11. The highest BCUT2D eigenvalue weighted by Crippen LogP contribution is 2.31. The number of halogens is 4. The Morgan fingerprint density at radius 1 is 1.18 bits per heavy atom. The Morgan fingerprint density at radius 3 is 2.54 bits per heavy atom. The van der Waals surface area contributed by atoms with E-state index in [0.717, 1.165) is 11.6 Å². The third-order valence-electron chi connectivity index (χ3n) is 4.00. The molecular formula is C19H15F4N3O2. The predicted octanol–water partition coefficient (Wildman–Crippen LogP) is 4.43. The minimum absolute atomic E-state index is 0.0812. The van der Waals surface area contributed by atoms with Crippen LogP contribution in [0.2, 0.25) is 0 Å². The summed E-state index contributed by atoms with van der Waals surface area (Å²) in [6, 6.07) is 11.2. The zero-order valence-corrected chi connectivity index (χ0v) is 14.6. The first-order valence-corrected chi connectivity index (χ1v) is 8.29. The molecule has 1 amide bonds. The van der Waals surface area contributed by atoms with Gasteiger partial charge in [-0.3, -0.25) is 4.79 Å². The molecule has 3 rings (SSSR count). The van der Waals surface area contributed by atoms with Crippen LogP contribution in [0.25, 0.3) is 11.4 Å². The lowest BCUT2D eigenvalue weighted by Crippen LogP contribution is -2.28. The fourth-order valence-electron chi connectivity index (χ4n) is 2.46. The van der Waals surface area contributed by atoms with Gasteiger partial charge in [-0.05, 0) is 18.2 Å². The summed E-state index contributed by atoms with van der Waals surface area (Å²) in [6.45, 7) is 1.81. The molecule has 0 aliphatic rings. The summed E-state index contributed by atoms with van der Waals surface area (Å²) in [5, 5.41) is 6.40. The molecule has 0 fully saturated rings. The van der Waals surface area contributed by atoms with E-state index >= 15 is 0 Å². The van der Waals surface area contributed by atoms with Gasteiger partial charge >= 0.3 is 6.18 Å². The quantitative estimate of drug-likeness (QED) is 0.652. The smallest absolute Gasteiger partial charge is 0.351 e. The number of alkyl halides is 3. The molecule has 1 N–H and O–H groups in total. The fourth-order valence-corrected chi connectivity index (χ4v) is 2.46. The standard InChI is InChI=1S/C19H15F4N3O2/c1-11(18-25-16(26-28-18)12-5-3-2-4-6-12)10-24-17(27)13-7-8-14(15(20)9-13)19(21,22)23/h2-9,11H,10H2,1H3,(H,24,27). The molecule has 0 aliphatic heterocycles. The number of carbonyl (C=O) groups is 1. The molecular weight excluding hydrogens is 378 g/mol. The predicted molar refractivity (Wildman–Crippen MR) is 91.9 cm³/mol. The zero-order chi connectivity index (χ0) is 20.3. The maximum Gasteiger partial charge on any atom is 0.419 e. The van der Waals surface area contributed by atoms with Crippen molar-refractivity contribution >= 4 is 5.91 Å². The van der Waals surface area contributed by atoms with Crippen LogP contribution < -0.4 is 5.32 Å². The maximum absolute atomic E-state index is 13.6. The number of hydrogen-bond acceptors (Lipinski definition) is 4. The first kappa shape index (κ1) is 19.5. The van der Waals surface area contributed by atoms with Crippen molar-refractivity contribution in [3.63, 3.8) is 0 Å². The van der Waals surface area contributed by atoms with Crippen LogP contribution in [0, 0.1) is 5.82 Å². The normalized spacial score (nSPS) is 12.6. The first-order valence-electron chi connectivity index (χ1n) is 8.29. The van der Waals surface area contributed by atoms with Gasteiger partial charge in [0.1, 0.15) is 5.82 Å². The number of nitrogens with one attached hydrogen (secondary N) is 1. The molecule has 28 heavy (non-hydrogen) atoms. The second-order valence-corrected chi connectivity index (χ2v) is 6.13. The van der Waals surface area contributed by atoms with E-state index < -0.39 is 23.5 Å². The molecule has 3 aromatic rings. The molecule has 1 atom stereocenters. The summed E-state index contributed by atoms with van der Waals surface area (Å²) in [6.07, 6.45) is -4.82. The van der Waals surface area contributed by atoms with E-state index in [9.17, 15) is 22.4 Å². The van der Waals surface area contributed by atoms with Gasteiger partial charge in [0.2, 0.25) is 11.7 Å². The van der Waals surface area contributed by atoms with Crippen molar-refractivity contribution in [2.75, 3.05) is 6.54 Å². The molecule has 0 saturated carbocycles. The third kappa shape index (κ3) is 4.36. The molecule has 146 valence electrons. The van der Waals surface area contributed by atoms with Crippen LogP contribution >= 0.6 is 0 Å². The fraction of sp³-hybridized carbons (Fsp3) is 0.211. The molecule has 0 bridgehead atoms. The Hall–Kier alpha value is -3.23. The summed E-state index contributed by atoms with van der Waals surface area (Å²) in [4.78, 5) is 16.4. The molecule has 5 nitrogen and oxygen atoms in total. The van der Waals surface area contributed by atoms with E-state index in [1.165, 1.54) is 0 Å². The van der Waals surface area contributed by atoms with Gasteiger partial charge < -0.3 is 9.84 Å². The van der Waals surface area contributed by atoms with E-state index in [0.29, 0.717) is 18.0 Å². The SMILES string of the molecule is CC(CNC(=O)c1ccc(C(F)(F)F)c(F)c1)c1nc(-c2ccccc2)no1. The van der Waals surface area contributed by atoms with E-state index in [1.54, 1.807) is 6.92 Å². The molecule has 1 aromatic heterocycles. The van der Waals surface area contributed by atoms with Crippen LogP contribution in [-0.2, 0) is 6.18 Å². The minimum Gasteiger partial charge on any atom is -0.351 e. The summed E-state index contributed by atoms with van der Waals surface area (Å²) in [5.74, 6) is -1.87. The average Bonchev–Trinajstić information content (AvgIpc) is 3.15. The van der Waals surface area contributed by atoms with Crippen molar-refractivity contribution < 1.29 is 26.9 Å². The summed E-state index contributed by atoms with van der Waals surface area (Å²) >= 11 is 0. The van der Waals surface area contributed by atoms with Crippen molar-refractivity contribution in [2.45, 2.75) is 19.0 Å². The monoisotopic (exact) mass is 393 g/mol. The Kier molecular flexibility index (Phi) is 5.43. The number of carbonyl (C=O) groups excluding carboxylic acids is 1. The van der Waals surface area contributed by atoms with Gasteiger partial charge in [0.15, 0.2) is 0 Å². The Morgan fingerprint density at radius 2 is 1.89 bits per heavy atom. The molecule has 9 heteroatoms. The van der Waals surface area contributed by atoms with Gasteiger partial charge in [-0.1, -0.05) is 42.4 Å². The maximum atomic E-state index is 13.6. The number of hydrogen-bond donors (Lipinski definition) is 1. The third-order valence-corrected chi connectivity index (χ3v) is 4.00. The van der Waals surface area contributed by atoms with Gasteiger partial charge in [-0.25, -0.2) is 4.39 Å². The van der Waals surface area contributed by atoms with Gasteiger partial charge in [-0.15, -0.1) is 0 Å². The molecule has 0 spiro atoms. The van der Waals surface area contributed by atoms with E-state index in [2.05, 4.69) is 15.5 Å². The number of amides is 1. The molecule has 0 aliphatic carbocycles. The second kappa shape index (κ2) is 7.79. The molecule has 0 saturated heterocycles. The summed E-state index contributed by atoms with van der Waals surface area (Å²) < 4.78 is 56.5. The van der Waals surface area contributed by atoms with Crippen LogP contribution in [0.3, 0.4) is 0 Å². The molecule has 1 heterocycles. The largest absolute Gasteiger partial charge is 0.419 e. The summed E-state index contributed by atoms with van der Waals surface area (Å²) in [7, 11) is 0. The highest BCUT2D eigenvalue weighted by atomic mass is 19.4. The van der Waals surface area contributed by atoms with Crippen LogP contribution in [-0.4, -0.2) is 22.6 Å². The van der Waals surface area contributed by atoms with Crippen LogP contribution in [0.15, 0.2) is 53.1 Å². The highest BCUT2D eigenvalue weighted by molar-refractivity contribution is 5.94. The number of rotatable bonds is 5. The van der Waals surface area contributed by atoms with Gasteiger partial charge in [-0.2, -0.15) is 18.2 Å². The number of nitrogens with zero attached hydrogens (tertiary/aromatic N) is 2.